The number of rotatable bonds is 1. The molecular formula is C13H22Cl2N4S. The van der Waals surface area contributed by atoms with Crippen LogP contribution in [0, 0.1) is 6.92 Å². The smallest absolute Gasteiger partial charge is 0.146 e. The first kappa shape index (κ1) is 17.8. The van der Waals surface area contributed by atoms with Crippen LogP contribution in [0.25, 0.3) is 0 Å². The van der Waals surface area contributed by atoms with Gasteiger partial charge in [-0.3, -0.25) is 0 Å². The van der Waals surface area contributed by atoms with E-state index in [2.05, 4.69) is 22.1 Å². The number of thioether (sulfide) groups is 1. The van der Waals surface area contributed by atoms with E-state index in [-0.39, 0.29) is 24.8 Å². The van der Waals surface area contributed by atoms with Gasteiger partial charge < -0.3 is 10.2 Å². The van der Waals surface area contributed by atoms with Crippen LogP contribution in [-0.4, -0.2) is 41.4 Å². The van der Waals surface area contributed by atoms with Gasteiger partial charge in [0.15, 0.2) is 0 Å². The molecule has 2 aliphatic heterocycles. The third-order valence-electron chi connectivity index (χ3n) is 3.61. The normalized spacial score (nSPS) is 21.5. The van der Waals surface area contributed by atoms with Gasteiger partial charge in [0, 0.05) is 25.7 Å². The molecule has 3 rings (SSSR count). The molecule has 0 saturated carbocycles. The molecule has 0 spiro atoms. The van der Waals surface area contributed by atoms with Crippen LogP contribution >= 0.6 is 36.6 Å². The molecule has 0 aromatic carbocycles. The first-order valence-electron chi connectivity index (χ1n) is 6.73. The first-order valence-corrected chi connectivity index (χ1v) is 7.72. The molecule has 1 atom stereocenters. The van der Waals surface area contributed by atoms with Crippen molar-refractivity contribution in [3.63, 3.8) is 0 Å². The Morgan fingerprint density at radius 3 is 2.85 bits per heavy atom. The van der Waals surface area contributed by atoms with Crippen molar-refractivity contribution < 1.29 is 0 Å². The zero-order valence-corrected chi connectivity index (χ0v) is 14.3. The third-order valence-corrected chi connectivity index (χ3v) is 4.81. The van der Waals surface area contributed by atoms with Gasteiger partial charge in [0.25, 0.3) is 0 Å². The fraction of sp³-hybridized carbons (Fsp3) is 0.692. The van der Waals surface area contributed by atoms with E-state index in [0.29, 0.717) is 6.04 Å². The summed E-state index contributed by atoms with van der Waals surface area (Å²) in [4.78, 5) is 13.1. The molecule has 20 heavy (non-hydrogen) atoms. The molecule has 7 heteroatoms. The van der Waals surface area contributed by atoms with Gasteiger partial charge in [0.05, 0.1) is 10.6 Å². The van der Waals surface area contributed by atoms with Crippen molar-refractivity contribution in [1.29, 1.82) is 0 Å². The molecule has 1 aromatic rings. The summed E-state index contributed by atoms with van der Waals surface area (Å²) in [5.41, 5.74) is 1.26. The fourth-order valence-corrected chi connectivity index (χ4v) is 3.78. The first-order chi connectivity index (χ1) is 8.75. The number of piperazine rings is 1. The van der Waals surface area contributed by atoms with Crippen molar-refractivity contribution in [2.75, 3.05) is 30.3 Å². The number of nitrogens with one attached hydrogen (secondary N) is 1. The quantitative estimate of drug-likeness (QED) is 0.853. The summed E-state index contributed by atoms with van der Waals surface area (Å²) in [6.07, 6.45) is 2.35. The van der Waals surface area contributed by atoms with Gasteiger partial charge in [-0.05, 0) is 32.4 Å². The molecule has 0 bridgehead atoms. The number of nitrogens with zero attached hydrogens (tertiary/aromatic N) is 3. The van der Waals surface area contributed by atoms with Crippen molar-refractivity contribution in [2.24, 2.45) is 0 Å². The predicted octanol–water partition coefficient (Wildman–Crippen LogP) is 2.47. The lowest BCUT2D eigenvalue weighted by molar-refractivity contribution is 0.493. The zero-order chi connectivity index (χ0) is 12.5. The Morgan fingerprint density at radius 1 is 1.30 bits per heavy atom. The van der Waals surface area contributed by atoms with Crippen LogP contribution in [0.1, 0.15) is 24.9 Å². The number of halogens is 2. The third kappa shape index (κ3) is 3.50. The Hall–Kier alpha value is -0.230. The molecule has 3 heterocycles. The molecule has 0 aliphatic carbocycles. The van der Waals surface area contributed by atoms with Crippen LogP contribution in [0.2, 0.25) is 0 Å². The Labute approximate surface area is 137 Å². The molecule has 1 aromatic heterocycles. The van der Waals surface area contributed by atoms with Crippen molar-refractivity contribution in [2.45, 2.75) is 37.6 Å². The molecular weight excluding hydrogens is 315 g/mol. The van der Waals surface area contributed by atoms with Crippen molar-refractivity contribution in [3.8, 4) is 0 Å². The van der Waals surface area contributed by atoms with Gasteiger partial charge in [-0.1, -0.05) is 0 Å². The van der Waals surface area contributed by atoms with Gasteiger partial charge in [0.1, 0.15) is 11.6 Å². The Balaban J connectivity index is 0.000001000. The van der Waals surface area contributed by atoms with Crippen LogP contribution in [0.15, 0.2) is 4.90 Å². The lowest BCUT2D eigenvalue weighted by atomic mass is 10.2. The van der Waals surface area contributed by atoms with Gasteiger partial charge in [-0.15, -0.1) is 36.6 Å². The summed E-state index contributed by atoms with van der Waals surface area (Å²) in [5, 5.41) is 3.44. The van der Waals surface area contributed by atoms with Gasteiger partial charge in [0.2, 0.25) is 0 Å². The summed E-state index contributed by atoms with van der Waals surface area (Å²) in [6.45, 7) is 7.42. The second kappa shape index (κ2) is 7.69. The molecule has 1 saturated heterocycles. The highest BCUT2D eigenvalue weighted by Gasteiger charge is 2.26. The molecule has 0 radical (unpaired) electrons. The van der Waals surface area contributed by atoms with E-state index in [9.17, 15) is 0 Å². The summed E-state index contributed by atoms with van der Waals surface area (Å²) in [7, 11) is 0. The molecule has 1 fully saturated rings. The van der Waals surface area contributed by atoms with E-state index in [4.69, 9.17) is 4.98 Å². The van der Waals surface area contributed by atoms with E-state index < -0.39 is 0 Å². The zero-order valence-electron chi connectivity index (χ0n) is 11.9. The minimum absolute atomic E-state index is 0. The maximum Gasteiger partial charge on any atom is 0.146 e. The van der Waals surface area contributed by atoms with Crippen LogP contribution in [0.5, 0.6) is 0 Å². The Bertz CT molecular complexity index is 458. The van der Waals surface area contributed by atoms with Gasteiger partial charge >= 0.3 is 0 Å². The average molecular weight is 337 g/mol. The van der Waals surface area contributed by atoms with E-state index >= 15 is 0 Å². The second-order valence-electron chi connectivity index (χ2n) is 5.07. The Kier molecular flexibility index (Phi) is 6.85. The Morgan fingerprint density at radius 2 is 2.10 bits per heavy atom. The summed E-state index contributed by atoms with van der Waals surface area (Å²) in [6, 6.07) is 0.514. The van der Waals surface area contributed by atoms with Gasteiger partial charge in [-0.25, -0.2) is 9.97 Å². The molecule has 2 aliphatic rings. The molecule has 0 amide bonds. The number of hydrogen-bond donors (Lipinski definition) is 1. The lowest BCUT2D eigenvalue weighted by Crippen LogP contribution is -2.50. The maximum atomic E-state index is 4.73. The van der Waals surface area contributed by atoms with Crippen LogP contribution in [0.3, 0.4) is 0 Å². The van der Waals surface area contributed by atoms with Crippen molar-refractivity contribution in [1.82, 2.24) is 15.3 Å². The summed E-state index contributed by atoms with van der Waals surface area (Å²) in [5.74, 6) is 3.29. The minimum atomic E-state index is 0. The fourth-order valence-electron chi connectivity index (χ4n) is 2.69. The highest BCUT2D eigenvalue weighted by atomic mass is 35.5. The van der Waals surface area contributed by atoms with E-state index in [1.807, 2.05) is 18.7 Å². The molecule has 1 N–H and O–H groups in total. The van der Waals surface area contributed by atoms with Crippen LogP contribution in [-0.2, 0) is 6.42 Å². The molecule has 4 nitrogen and oxygen atoms in total. The van der Waals surface area contributed by atoms with Crippen molar-refractivity contribution >= 4 is 42.4 Å². The maximum absolute atomic E-state index is 4.73. The standard InChI is InChI=1S/C13H20N4S.2ClH/c1-9-8-14-5-6-17(9)13-12-11(4-3-7-18-12)15-10(2)16-13;;/h9,14H,3-8H2,1-2H3;2*1H. The van der Waals surface area contributed by atoms with Crippen molar-refractivity contribution in [3.05, 3.63) is 11.5 Å². The summed E-state index contributed by atoms with van der Waals surface area (Å²) >= 11 is 1.93. The lowest BCUT2D eigenvalue weighted by Gasteiger charge is -2.36. The highest BCUT2D eigenvalue weighted by molar-refractivity contribution is 7.99. The monoisotopic (exact) mass is 336 g/mol. The van der Waals surface area contributed by atoms with E-state index in [1.54, 1.807) is 0 Å². The predicted molar refractivity (Wildman–Crippen MR) is 90.0 cm³/mol. The highest BCUT2D eigenvalue weighted by Crippen LogP contribution is 2.36. The largest absolute Gasteiger partial charge is 0.350 e. The van der Waals surface area contributed by atoms with Crippen LogP contribution in [0.4, 0.5) is 5.82 Å². The second-order valence-corrected chi connectivity index (χ2v) is 6.17. The van der Waals surface area contributed by atoms with Crippen LogP contribution < -0.4 is 10.2 Å². The number of fused-ring (bicyclic) bond motifs is 1. The molecule has 1 unspecified atom stereocenters. The minimum Gasteiger partial charge on any atom is -0.350 e. The number of aromatic nitrogens is 2. The number of hydrogen-bond acceptors (Lipinski definition) is 5. The average Bonchev–Trinajstić information content (AvgIpc) is 2.38. The number of anilines is 1. The number of aryl methyl sites for hydroxylation is 2. The molecule has 114 valence electrons. The van der Waals surface area contributed by atoms with Gasteiger partial charge in [-0.2, -0.15) is 0 Å². The topological polar surface area (TPSA) is 41.1 Å². The summed E-state index contributed by atoms with van der Waals surface area (Å²) < 4.78 is 0. The van der Waals surface area contributed by atoms with E-state index in [1.165, 1.54) is 28.6 Å². The van der Waals surface area contributed by atoms with E-state index in [0.717, 1.165) is 31.9 Å². The SMILES string of the molecule is Cc1nc2c(c(N3CCNCC3C)n1)SCCC2.Cl.Cl.